The molecule has 0 fully saturated rings. The second-order valence-corrected chi connectivity index (χ2v) is 4.13. The van der Waals surface area contributed by atoms with E-state index in [2.05, 4.69) is 39.8 Å². The molecule has 0 saturated heterocycles. The van der Waals surface area contributed by atoms with Crippen LogP contribution in [-0.2, 0) is 0 Å². The van der Waals surface area contributed by atoms with Gasteiger partial charge in [-0.25, -0.2) is 5.84 Å². The van der Waals surface area contributed by atoms with Crippen LogP contribution in [0.1, 0.15) is 32.4 Å². The molecule has 6 nitrogen and oxygen atoms in total. The van der Waals surface area contributed by atoms with Crippen molar-refractivity contribution < 1.29 is 0 Å². The van der Waals surface area contributed by atoms with Crippen LogP contribution in [0.2, 0.25) is 0 Å². The van der Waals surface area contributed by atoms with Gasteiger partial charge in [-0.3, -0.25) is 15.5 Å². The first-order valence-corrected chi connectivity index (χ1v) is 5.39. The molecule has 0 saturated carbocycles. The second kappa shape index (κ2) is 6.12. The van der Waals surface area contributed by atoms with Gasteiger partial charge in [-0.15, -0.1) is 0 Å². The van der Waals surface area contributed by atoms with Crippen LogP contribution in [0.3, 0.4) is 0 Å². The minimum Gasteiger partial charge on any atom is -0.349 e. The molecule has 0 radical (unpaired) electrons. The molecule has 1 atom stereocenters. The molecular weight excluding hydrogens is 204 g/mol. The van der Waals surface area contributed by atoms with E-state index in [1.807, 2.05) is 13.1 Å². The lowest BCUT2D eigenvalue weighted by molar-refractivity contribution is 0.643. The fourth-order valence-corrected chi connectivity index (χ4v) is 1.19. The normalized spacial score (nSPS) is 13.9. The molecule has 1 aromatic rings. The van der Waals surface area contributed by atoms with Crippen molar-refractivity contribution >= 4 is 5.96 Å². The first-order valence-electron chi connectivity index (χ1n) is 5.39. The van der Waals surface area contributed by atoms with Crippen LogP contribution in [0, 0.1) is 5.92 Å². The van der Waals surface area contributed by atoms with Gasteiger partial charge in [0.15, 0.2) is 0 Å². The van der Waals surface area contributed by atoms with Gasteiger partial charge in [-0.2, -0.15) is 5.10 Å². The zero-order chi connectivity index (χ0) is 12.0. The van der Waals surface area contributed by atoms with Gasteiger partial charge < -0.3 is 5.32 Å². The summed E-state index contributed by atoms with van der Waals surface area (Å²) >= 11 is 0. The highest BCUT2D eigenvalue weighted by Gasteiger charge is 2.07. The van der Waals surface area contributed by atoms with E-state index >= 15 is 0 Å². The molecule has 0 aliphatic heterocycles. The second-order valence-electron chi connectivity index (χ2n) is 4.13. The van der Waals surface area contributed by atoms with Gasteiger partial charge in [0.05, 0.1) is 12.2 Å². The summed E-state index contributed by atoms with van der Waals surface area (Å²) in [5.74, 6) is 6.50. The lowest BCUT2D eigenvalue weighted by atomic mass is 10.2. The number of hydrazine groups is 1. The molecule has 0 spiro atoms. The van der Waals surface area contributed by atoms with Crippen LogP contribution in [-0.4, -0.2) is 22.7 Å². The van der Waals surface area contributed by atoms with Crippen molar-refractivity contribution in [3.05, 3.63) is 18.0 Å². The number of aromatic amines is 1. The van der Waals surface area contributed by atoms with Gasteiger partial charge in [0.2, 0.25) is 5.96 Å². The van der Waals surface area contributed by atoms with Crippen molar-refractivity contribution in [1.82, 2.24) is 20.9 Å². The fourth-order valence-electron chi connectivity index (χ4n) is 1.19. The maximum atomic E-state index is 5.39. The number of rotatable bonds is 4. The predicted molar refractivity (Wildman–Crippen MR) is 64.6 cm³/mol. The minimum atomic E-state index is 0.112. The average Bonchev–Trinajstić information content (AvgIpc) is 2.76. The monoisotopic (exact) mass is 224 g/mol. The third kappa shape index (κ3) is 3.90. The Kier molecular flexibility index (Phi) is 4.78. The largest absolute Gasteiger partial charge is 0.349 e. The van der Waals surface area contributed by atoms with Gasteiger partial charge in [0, 0.05) is 18.3 Å². The van der Waals surface area contributed by atoms with E-state index in [0.29, 0.717) is 11.9 Å². The number of guanidine groups is 1. The summed E-state index contributed by atoms with van der Waals surface area (Å²) in [6.45, 7) is 6.98. The maximum Gasteiger partial charge on any atom is 0.206 e. The number of hydrogen-bond donors (Lipinski definition) is 4. The summed E-state index contributed by atoms with van der Waals surface area (Å²) in [5.41, 5.74) is 3.62. The standard InChI is InChI=1S/C10H20N6/c1-7(2)4-12-10(16-11)15-8(3)9-5-13-14-6-9/h5-8H,4,11H2,1-3H3,(H,13,14)(H2,12,15,16). The maximum absolute atomic E-state index is 5.39. The van der Waals surface area contributed by atoms with E-state index in [1.54, 1.807) is 6.20 Å². The molecule has 0 aliphatic rings. The molecule has 1 unspecified atom stereocenters. The first-order chi connectivity index (χ1) is 7.63. The van der Waals surface area contributed by atoms with Crippen molar-refractivity contribution in [3.63, 3.8) is 0 Å². The van der Waals surface area contributed by atoms with Crippen molar-refractivity contribution in [2.75, 3.05) is 6.54 Å². The molecule has 6 heteroatoms. The van der Waals surface area contributed by atoms with E-state index in [4.69, 9.17) is 5.84 Å². The summed E-state index contributed by atoms with van der Waals surface area (Å²) in [5, 5.41) is 9.84. The van der Waals surface area contributed by atoms with Crippen molar-refractivity contribution in [3.8, 4) is 0 Å². The summed E-state index contributed by atoms with van der Waals surface area (Å²) in [6, 6.07) is 0.112. The summed E-state index contributed by atoms with van der Waals surface area (Å²) in [7, 11) is 0. The highest BCUT2D eigenvalue weighted by molar-refractivity contribution is 5.79. The molecule has 1 aromatic heterocycles. The third-order valence-corrected chi connectivity index (χ3v) is 2.12. The first kappa shape index (κ1) is 12.5. The Morgan fingerprint density at radius 2 is 2.31 bits per heavy atom. The zero-order valence-electron chi connectivity index (χ0n) is 9.99. The lowest BCUT2D eigenvalue weighted by Crippen LogP contribution is -2.42. The van der Waals surface area contributed by atoms with E-state index in [-0.39, 0.29) is 6.04 Å². The van der Waals surface area contributed by atoms with Crippen LogP contribution in [0.4, 0.5) is 0 Å². The molecule has 0 amide bonds. The van der Waals surface area contributed by atoms with Gasteiger partial charge in [0.1, 0.15) is 0 Å². The van der Waals surface area contributed by atoms with Crippen LogP contribution in [0.5, 0.6) is 0 Å². The van der Waals surface area contributed by atoms with Gasteiger partial charge in [-0.1, -0.05) is 13.8 Å². The number of hydrogen-bond acceptors (Lipinski definition) is 3. The van der Waals surface area contributed by atoms with Crippen LogP contribution in [0.25, 0.3) is 0 Å². The van der Waals surface area contributed by atoms with Crippen molar-refractivity contribution in [1.29, 1.82) is 0 Å². The van der Waals surface area contributed by atoms with E-state index in [1.165, 1.54) is 0 Å². The number of H-pyrrole nitrogens is 1. The van der Waals surface area contributed by atoms with E-state index in [9.17, 15) is 0 Å². The quantitative estimate of drug-likeness (QED) is 0.260. The molecule has 5 N–H and O–H groups in total. The molecule has 0 aromatic carbocycles. The molecule has 0 aliphatic carbocycles. The molecule has 0 bridgehead atoms. The zero-order valence-corrected chi connectivity index (χ0v) is 9.99. The molecule has 1 heterocycles. The Balaban J connectivity index is 2.53. The fraction of sp³-hybridized carbons (Fsp3) is 0.600. The van der Waals surface area contributed by atoms with Crippen LogP contribution in [0.15, 0.2) is 17.4 Å². The average molecular weight is 224 g/mol. The molecule has 16 heavy (non-hydrogen) atoms. The van der Waals surface area contributed by atoms with Crippen molar-refractivity contribution in [2.24, 2.45) is 16.8 Å². The number of nitrogens with one attached hydrogen (secondary N) is 3. The predicted octanol–water partition coefficient (Wildman–Crippen LogP) is 0.536. The number of nitrogens with zero attached hydrogens (tertiary/aromatic N) is 2. The van der Waals surface area contributed by atoms with Gasteiger partial charge >= 0.3 is 0 Å². The number of aromatic nitrogens is 2. The van der Waals surface area contributed by atoms with E-state index in [0.717, 1.165) is 12.1 Å². The Hall–Kier alpha value is -1.56. The lowest BCUT2D eigenvalue weighted by Gasteiger charge is -2.15. The summed E-state index contributed by atoms with van der Waals surface area (Å²) < 4.78 is 0. The smallest absolute Gasteiger partial charge is 0.206 e. The number of aliphatic imine (C=N–C) groups is 1. The Labute approximate surface area is 95.7 Å². The minimum absolute atomic E-state index is 0.112. The summed E-state index contributed by atoms with van der Waals surface area (Å²) in [6.07, 6.45) is 3.61. The Bertz CT molecular complexity index is 316. The highest BCUT2D eigenvalue weighted by atomic mass is 15.3. The van der Waals surface area contributed by atoms with Crippen LogP contribution >= 0.6 is 0 Å². The van der Waals surface area contributed by atoms with Crippen LogP contribution < -0.4 is 16.6 Å². The van der Waals surface area contributed by atoms with Gasteiger partial charge in [-0.05, 0) is 12.8 Å². The highest BCUT2D eigenvalue weighted by Crippen LogP contribution is 2.08. The summed E-state index contributed by atoms with van der Waals surface area (Å²) in [4.78, 5) is 4.33. The SMILES string of the molecule is CC(C)CN=C(NN)NC(C)c1cn[nH]c1. The molecule has 1 rings (SSSR count). The third-order valence-electron chi connectivity index (χ3n) is 2.12. The van der Waals surface area contributed by atoms with Gasteiger partial charge in [0.25, 0.3) is 0 Å². The Morgan fingerprint density at radius 1 is 1.56 bits per heavy atom. The number of nitrogens with two attached hydrogens (primary N) is 1. The Morgan fingerprint density at radius 3 is 2.81 bits per heavy atom. The van der Waals surface area contributed by atoms with E-state index < -0.39 is 0 Å². The molecular formula is C10H20N6. The topological polar surface area (TPSA) is 91.1 Å². The van der Waals surface area contributed by atoms with Crippen molar-refractivity contribution in [2.45, 2.75) is 26.8 Å². The molecule has 90 valence electrons.